The molecule has 14 heavy (non-hydrogen) atoms. The second-order valence-electron chi connectivity index (χ2n) is 3.25. The Bertz CT molecular complexity index is 294. The van der Waals surface area contributed by atoms with Gasteiger partial charge in [0, 0.05) is 0 Å². The van der Waals surface area contributed by atoms with Crippen LogP contribution in [0.15, 0.2) is 30.8 Å². The molecule has 0 fully saturated rings. The fraction of sp³-hybridized carbons (Fsp3) is 0.333. The molecule has 0 saturated heterocycles. The Morgan fingerprint density at radius 1 is 1.57 bits per heavy atom. The maximum absolute atomic E-state index is 8.77. The second-order valence-corrected chi connectivity index (χ2v) is 3.25. The Morgan fingerprint density at radius 3 is 3.00 bits per heavy atom. The van der Waals surface area contributed by atoms with Crippen molar-refractivity contribution >= 4 is 6.08 Å². The third kappa shape index (κ3) is 3.32. The summed E-state index contributed by atoms with van der Waals surface area (Å²) in [4.78, 5) is 0. The van der Waals surface area contributed by atoms with E-state index in [9.17, 15) is 0 Å². The van der Waals surface area contributed by atoms with Crippen LogP contribution in [-0.2, 0) is 11.3 Å². The number of benzene rings is 1. The van der Waals surface area contributed by atoms with Gasteiger partial charge in [-0.15, -0.1) is 0 Å². The van der Waals surface area contributed by atoms with E-state index < -0.39 is 0 Å². The van der Waals surface area contributed by atoms with E-state index in [0.717, 1.165) is 11.1 Å². The second kappa shape index (κ2) is 5.58. The summed E-state index contributed by atoms with van der Waals surface area (Å²) >= 11 is 0. The summed E-state index contributed by atoms with van der Waals surface area (Å²) in [7, 11) is 0. The van der Waals surface area contributed by atoms with Gasteiger partial charge in [-0.25, -0.2) is 0 Å². The zero-order chi connectivity index (χ0) is 10.4. The van der Waals surface area contributed by atoms with Crippen LogP contribution in [0.3, 0.4) is 0 Å². The zero-order valence-corrected chi connectivity index (χ0v) is 8.44. The minimum absolute atomic E-state index is 0.0567. The topological polar surface area (TPSA) is 29.5 Å². The molecule has 0 radical (unpaired) electrons. The van der Waals surface area contributed by atoms with Crippen molar-refractivity contribution in [2.75, 3.05) is 6.61 Å². The fourth-order valence-electron chi connectivity index (χ4n) is 1.10. The fourth-order valence-corrected chi connectivity index (χ4v) is 1.10. The first-order valence-electron chi connectivity index (χ1n) is 4.70. The van der Waals surface area contributed by atoms with Crippen LogP contribution < -0.4 is 0 Å². The molecule has 0 aromatic heterocycles. The highest BCUT2D eigenvalue weighted by molar-refractivity contribution is 5.47. The Kier molecular flexibility index (Phi) is 4.36. The average molecular weight is 192 g/mol. The summed E-state index contributed by atoms with van der Waals surface area (Å²) in [6, 6.07) is 7.99. The Morgan fingerprint density at radius 2 is 2.36 bits per heavy atom. The monoisotopic (exact) mass is 192 g/mol. The van der Waals surface area contributed by atoms with E-state index in [1.54, 1.807) is 6.08 Å². The van der Waals surface area contributed by atoms with E-state index in [4.69, 9.17) is 9.84 Å². The summed E-state index contributed by atoms with van der Waals surface area (Å²) in [6.45, 7) is 6.14. The van der Waals surface area contributed by atoms with Crippen LogP contribution in [0.25, 0.3) is 6.08 Å². The zero-order valence-electron chi connectivity index (χ0n) is 8.44. The third-order valence-corrected chi connectivity index (χ3v) is 1.98. The molecular weight excluding hydrogens is 176 g/mol. The molecule has 0 spiro atoms. The molecule has 0 aliphatic carbocycles. The minimum atomic E-state index is -0.109. The summed E-state index contributed by atoms with van der Waals surface area (Å²) in [5.74, 6) is 0. The van der Waals surface area contributed by atoms with Crippen LogP contribution in [0.4, 0.5) is 0 Å². The molecule has 0 bridgehead atoms. The lowest BCUT2D eigenvalue weighted by Crippen LogP contribution is -2.12. The SMILES string of the molecule is C=Cc1cccc(COC(C)CO)c1. The lowest BCUT2D eigenvalue weighted by atomic mass is 10.1. The summed E-state index contributed by atoms with van der Waals surface area (Å²) in [5.41, 5.74) is 2.19. The smallest absolute Gasteiger partial charge is 0.0782 e. The van der Waals surface area contributed by atoms with Crippen molar-refractivity contribution in [2.24, 2.45) is 0 Å². The first-order chi connectivity index (χ1) is 6.76. The lowest BCUT2D eigenvalue weighted by molar-refractivity contribution is 0.0144. The summed E-state index contributed by atoms with van der Waals surface area (Å²) < 4.78 is 5.39. The quantitative estimate of drug-likeness (QED) is 0.775. The number of aliphatic hydroxyl groups is 1. The van der Waals surface area contributed by atoms with Gasteiger partial charge in [0.15, 0.2) is 0 Å². The highest BCUT2D eigenvalue weighted by atomic mass is 16.5. The maximum Gasteiger partial charge on any atom is 0.0782 e. The first kappa shape index (κ1) is 11.0. The predicted molar refractivity (Wildman–Crippen MR) is 57.9 cm³/mol. The first-order valence-corrected chi connectivity index (χ1v) is 4.70. The average Bonchev–Trinajstić information content (AvgIpc) is 2.26. The van der Waals surface area contributed by atoms with Crippen LogP contribution in [0.1, 0.15) is 18.1 Å². The van der Waals surface area contributed by atoms with Gasteiger partial charge in [0.2, 0.25) is 0 Å². The largest absolute Gasteiger partial charge is 0.394 e. The normalized spacial score (nSPS) is 12.4. The van der Waals surface area contributed by atoms with Gasteiger partial charge in [-0.1, -0.05) is 30.9 Å². The summed E-state index contributed by atoms with van der Waals surface area (Å²) in [5, 5.41) is 8.77. The molecule has 2 nitrogen and oxygen atoms in total. The highest BCUT2D eigenvalue weighted by Crippen LogP contribution is 2.08. The number of hydrogen-bond donors (Lipinski definition) is 1. The molecule has 0 aliphatic heterocycles. The molecule has 2 heteroatoms. The Hall–Kier alpha value is -1.12. The van der Waals surface area contributed by atoms with Crippen LogP contribution >= 0.6 is 0 Å². The molecule has 0 heterocycles. The summed E-state index contributed by atoms with van der Waals surface area (Å²) in [6.07, 6.45) is 1.70. The molecule has 76 valence electrons. The van der Waals surface area contributed by atoms with Crippen molar-refractivity contribution in [3.05, 3.63) is 42.0 Å². The van der Waals surface area contributed by atoms with Gasteiger partial charge >= 0.3 is 0 Å². The van der Waals surface area contributed by atoms with E-state index in [0.29, 0.717) is 6.61 Å². The standard InChI is InChI=1S/C12H16O2/c1-3-11-5-4-6-12(7-11)9-14-10(2)8-13/h3-7,10,13H,1,8-9H2,2H3. The van der Waals surface area contributed by atoms with Gasteiger partial charge in [0.1, 0.15) is 0 Å². The van der Waals surface area contributed by atoms with Crippen molar-refractivity contribution < 1.29 is 9.84 Å². The molecule has 0 saturated carbocycles. The molecule has 1 aromatic carbocycles. The van der Waals surface area contributed by atoms with Gasteiger partial charge in [-0.3, -0.25) is 0 Å². The number of hydrogen-bond acceptors (Lipinski definition) is 2. The molecule has 1 unspecified atom stereocenters. The Balaban J connectivity index is 2.54. The van der Waals surface area contributed by atoms with E-state index in [1.165, 1.54) is 0 Å². The van der Waals surface area contributed by atoms with Crippen molar-refractivity contribution in [1.29, 1.82) is 0 Å². The molecule has 1 atom stereocenters. The number of ether oxygens (including phenoxy) is 1. The third-order valence-electron chi connectivity index (χ3n) is 1.98. The van der Waals surface area contributed by atoms with Gasteiger partial charge in [-0.2, -0.15) is 0 Å². The molecule has 1 rings (SSSR count). The van der Waals surface area contributed by atoms with Crippen molar-refractivity contribution in [2.45, 2.75) is 19.6 Å². The van der Waals surface area contributed by atoms with Crippen molar-refractivity contribution in [3.63, 3.8) is 0 Å². The maximum atomic E-state index is 8.77. The van der Waals surface area contributed by atoms with Gasteiger partial charge < -0.3 is 9.84 Å². The van der Waals surface area contributed by atoms with E-state index in [1.807, 2.05) is 31.2 Å². The van der Waals surface area contributed by atoms with E-state index in [-0.39, 0.29) is 12.7 Å². The van der Waals surface area contributed by atoms with Crippen LogP contribution in [-0.4, -0.2) is 17.8 Å². The van der Waals surface area contributed by atoms with Gasteiger partial charge in [0.05, 0.1) is 19.3 Å². The highest BCUT2D eigenvalue weighted by Gasteiger charge is 2.00. The molecular formula is C12H16O2. The van der Waals surface area contributed by atoms with Gasteiger partial charge in [0.25, 0.3) is 0 Å². The van der Waals surface area contributed by atoms with Gasteiger partial charge in [-0.05, 0) is 24.1 Å². The number of aliphatic hydroxyl groups excluding tert-OH is 1. The molecule has 0 amide bonds. The van der Waals surface area contributed by atoms with Crippen LogP contribution in [0, 0.1) is 0 Å². The van der Waals surface area contributed by atoms with Crippen molar-refractivity contribution in [1.82, 2.24) is 0 Å². The molecule has 1 N–H and O–H groups in total. The van der Waals surface area contributed by atoms with Crippen LogP contribution in [0.5, 0.6) is 0 Å². The lowest BCUT2D eigenvalue weighted by Gasteiger charge is -2.09. The Labute approximate surface area is 84.8 Å². The van der Waals surface area contributed by atoms with Crippen LogP contribution in [0.2, 0.25) is 0 Å². The molecule has 1 aromatic rings. The molecule has 0 aliphatic rings. The minimum Gasteiger partial charge on any atom is -0.394 e. The van der Waals surface area contributed by atoms with E-state index >= 15 is 0 Å². The number of rotatable bonds is 5. The van der Waals surface area contributed by atoms with Crippen molar-refractivity contribution in [3.8, 4) is 0 Å². The van der Waals surface area contributed by atoms with E-state index in [2.05, 4.69) is 6.58 Å². The predicted octanol–water partition coefficient (Wildman–Crippen LogP) is 2.23.